The van der Waals surface area contributed by atoms with Crippen molar-refractivity contribution in [2.24, 2.45) is 0 Å². The minimum Gasteiger partial charge on any atom is -0.494 e. The maximum Gasteiger partial charge on any atom is 0.326 e. The molecule has 1 amide bonds. The molecule has 1 atom stereocenters. The minimum atomic E-state index is -0.478. The van der Waals surface area contributed by atoms with E-state index in [4.69, 9.17) is 9.47 Å². The van der Waals surface area contributed by atoms with Gasteiger partial charge < -0.3 is 14.8 Å². The molecule has 0 aliphatic carbocycles. The molecule has 5 heteroatoms. The van der Waals surface area contributed by atoms with Gasteiger partial charge >= 0.3 is 5.97 Å². The van der Waals surface area contributed by atoms with E-state index in [-0.39, 0.29) is 18.6 Å². The summed E-state index contributed by atoms with van der Waals surface area (Å²) >= 11 is 0. The van der Waals surface area contributed by atoms with Gasteiger partial charge in [-0.15, -0.1) is 0 Å². The summed E-state index contributed by atoms with van der Waals surface area (Å²) in [5, 5.41) is 2.57. The minimum absolute atomic E-state index is 0.176. The zero-order valence-electron chi connectivity index (χ0n) is 15.2. The molecule has 0 saturated heterocycles. The fourth-order valence-electron chi connectivity index (χ4n) is 2.32. The summed E-state index contributed by atoms with van der Waals surface area (Å²) in [4.78, 5) is 24.0. The Bertz CT molecular complexity index is 698. The fourth-order valence-corrected chi connectivity index (χ4v) is 2.32. The van der Waals surface area contributed by atoms with Crippen molar-refractivity contribution in [1.82, 2.24) is 5.32 Å². The van der Waals surface area contributed by atoms with Crippen molar-refractivity contribution >= 4 is 11.9 Å². The van der Waals surface area contributed by atoms with Crippen LogP contribution in [0.25, 0.3) is 0 Å². The van der Waals surface area contributed by atoms with E-state index >= 15 is 0 Å². The van der Waals surface area contributed by atoms with Crippen LogP contribution in [0.5, 0.6) is 5.75 Å². The van der Waals surface area contributed by atoms with Crippen molar-refractivity contribution in [3.63, 3.8) is 0 Å². The normalized spacial score (nSPS) is 11.5. The van der Waals surface area contributed by atoms with Crippen molar-refractivity contribution in [2.75, 3.05) is 13.2 Å². The maximum atomic E-state index is 12.1. The van der Waals surface area contributed by atoms with Crippen molar-refractivity contribution in [3.8, 4) is 5.75 Å². The van der Waals surface area contributed by atoms with Gasteiger partial charge in [0.1, 0.15) is 18.4 Å². The van der Waals surface area contributed by atoms with Crippen LogP contribution in [0, 0.1) is 0 Å². The van der Waals surface area contributed by atoms with Crippen molar-refractivity contribution in [3.05, 3.63) is 65.7 Å². The summed E-state index contributed by atoms with van der Waals surface area (Å²) in [7, 11) is 0. The van der Waals surface area contributed by atoms with Gasteiger partial charge in [0.05, 0.1) is 6.61 Å². The zero-order valence-corrected chi connectivity index (χ0v) is 15.2. The van der Waals surface area contributed by atoms with Crippen molar-refractivity contribution in [2.45, 2.75) is 32.8 Å². The second-order valence-electron chi connectivity index (χ2n) is 5.95. The number of hydrogen-bond donors (Lipinski definition) is 1. The number of rotatable bonds is 9. The van der Waals surface area contributed by atoms with E-state index in [1.807, 2.05) is 30.3 Å². The van der Waals surface area contributed by atoms with Gasteiger partial charge in [-0.2, -0.15) is 0 Å². The lowest BCUT2D eigenvalue weighted by atomic mass is 10.1. The Labute approximate surface area is 154 Å². The molecule has 0 bridgehead atoms. The number of carbonyl (C=O) groups excluding carboxylic acids is 2. The standard InChI is InChI=1S/C21H25NO4/c1-3-4-14-25-19-12-10-18(11-13-19)21(24)22-15-20(23)26-16(2)17-8-6-5-7-9-17/h5-13,16H,3-4,14-15H2,1-2H3,(H,22,24)/t16-/m1/s1. The second kappa shape index (κ2) is 10.2. The van der Waals surface area contributed by atoms with E-state index in [1.165, 1.54) is 0 Å². The van der Waals surface area contributed by atoms with Gasteiger partial charge in [0.25, 0.3) is 5.91 Å². The van der Waals surface area contributed by atoms with Gasteiger partial charge in [-0.05, 0) is 43.2 Å². The van der Waals surface area contributed by atoms with Gasteiger partial charge in [-0.1, -0.05) is 43.7 Å². The van der Waals surface area contributed by atoms with E-state index < -0.39 is 5.97 Å². The lowest BCUT2D eigenvalue weighted by Gasteiger charge is -2.14. The predicted molar refractivity (Wildman–Crippen MR) is 100 cm³/mol. The number of ether oxygens (including phenoxy) is 2. The third-order valence-corrected chi connectivity index (χ3v) is 3.85. The molecule has 0 spiro atoms. The molecule has 0 fully saturated rings. The summed E-state index contributed by atoms with van der Waals surface area (Å²) in [6, 6.07) is 16.3. The first-order valence-electron chi connectivity index (χ1n) is 8.85. The fraction of sp³-hybridized carbons (Fsp3) is 0.333. The van der Waals surface area contributed by atoms with Gasteiger partial charge in [-0.3, -0.25) is 9.59 Å². The highest BCUT2D eigenvalue weighted by Gasteiger charge is 2.13. The number of benzene rings is 2. The average Bonchev–Trinajstić information content (AvgIpc) is 2.67. The van der Waals surface area contributed by atoms with Crippen molar-refractivity contribution < 1.29 is 19.1 Å². The molecule has 0 aliphatic heterocycles. The lowest BCUT2D eigenvalue weighted by Crippen LogP contribution is -2.31. The van der Waals surface area contributed by atoms with Crippen LogP contribution in [-0.2, 0) is 9.53 Å². The van der Waals surface area contributed by atoms with Crippen LogP contribution >= 0.6 is 0 Å². The smallest absolute Gasteiger partial charge is 0.326 e. The topological polar surface area (TPSA) is 64.6 Å². The summed E-state index contributed by atoms with van der Waals surface area (Å²) in [6.45, 7) is 4.38. The third-order valence-electron chi connectivity index (χ3n) is 3.85. The van der Waals surface area contributed by atoms with Crippen LogP contribution < -0.4 is 10.1 Å². The molecular formula is C21H25NO4. The molecule has 1 N–H and O–H groups in total. The van der Waals surface area contributed by atoms with E-state index in [2.05, 4.69) is 12.2 Å². The van der Waals surface area contributed by atoms with Gasteiger partial charge in [0.15, 0.2) is 0 Å². The highest BCUT2D eigenvalue weighted by atomic mass is 16.5. The van der Waals surface area contributed by atoms with Gasteiger partial charge in [0.2, 0.25) is 0 Å². The Hall–Kier alpha value is -2.82. The van der Waals surface area contributed by atoms with Crippen LogP contribution in [0.2, 0.25) is 0 Å². The molecule has 5 nitrogen and oxygen atoms in total. The van der Waals surface area contributed by atoms with E-state index in [0.29, 0.717) is 12.2 Å². The first kappa shape index (κ1) is 19.5. The largest absolute Gasteiger partial charge is 0.494 e. The van der Waals surface area contributed by atoms with Crippen molar-refractivity contribution in [1.29, 1.82) is 0 Å². The molecule has 2 rings (SSSR count). The summed E-state index contributed by atoms with van der Waals surface area (Å²) in [5.41, 5.74) is 1.38. The molecule has 138 valence electrons. The highest BCUT2D eigenvalue weighted by Crippen LogP contribution is 2.16. The van der Waals surface area contributed by atoms with Crippen LogP contribution in [-0.4, -0.2) is 25.0 Å². The molecule has 0 radical (unpaired) electrons. The number of carbonyl (C=O) groups is 2. The molecule has 0 saturated carbocycles. The summed E-state index contributed by atoms with van der Waals surface area (Å²) in [6.07, 6.45) is 1.70. The highest BCUT2D eigenvalue weighted by molar-refractivity contribution is 5.96. The molecule has 26 heavy (non-hydrogen) atoms. The number of amides is 1. The molecule has 0 unspecified atom stereocenters. The monoisotopic (exact) mass is 355 g/mol. The molecule has 0 aliphatic rings. The Balaban J connectivity index is 1.77. The van der Waals surface area contributed by atoms with Crippen LogP contribution in [0.4, 0.5) is 0 Å². The van der Waals surface area contributed by atoms with E-state index in [0.717, 1.165) is 24.2 Å². The first-order chi connectivity index (χ1) is 12.6. The van der Waals surface area contributed by atoms with Crippen LogP contribution in [0.15, 0.2) is 54.6 Å². The average molecular weight is 355 g/mol. The number of esters is 1. The van der Waals surface area contributed by atoms with Gasteiger partial charge in [-0.25, -0.2) is 0 Å². The Morgan fingerprint density at radius 1 is 1.04 bits per heavy atom. The Morgan fingerprint density at radius 2 is 1.73 bits per heavy atom. The number of unbranched alkanes of at least 4 members (excludes halogenated alkanes) is 1. The number of hydrogen-bond acceptors (Lipinski definition) is 4. The Kier molecular flexibility index (Phi) is 7.68. The summed E-state index contributed by atoms with van der Waals surface area (Å²) < 4.78 is 10.9. The second-order valence-corrected chi connectivity index (χ2v) is 5.95. The van der Waals surface area contributed by atoms with Crippen LogP contribution in [0.1, 0.15) is 48.7 Å². The first-order valence-corrected chi connectivity index (χ1v) is 8.85. The quantitative estimate of drug-likeness (QED) is 0.547. The van der Waals surface area contributed by atoms with E-state index in [1.54, 1.807) is 31.2 Å². The molecular weight excluding hydrogens is 330 g/mol. The summed E-state index contributed by atoms with van der Waals surface area (Å²) in [5.74, 6) is -0.0743. The molecule has 2 aromatic carbocycles. The van der Waals surface area contributed by atoms with Gasteiger partial charge in [0, 0.05) is 5.56 Å². The molecule has 0 aromatic heterocycles. The third kappa shape index (κ3) is 6.24. The molecule has 2 aromatic rings. The van der Waals surface area contributed by atoms with E-state index in [9.17, 15) is 9.59 Å². The SMILES string of the molecule is CCCCOc1ccc(C(=O)NCC(=O)O[C@H](C)c2ccccc2)cc1. The lowest BCUT2D eigenvalue weighted by molar-refractivity contribution is -0.147. The Morgan fingerprint density at radius 3 is 2.38 bits per heavy atom. The maximum absolute atomic E-state index is 12.1. The zero-order chi connectivity index (χ0) is 18.8. The molecule has 0 heterocycles. The predicted octanol–water partition coefficient (Wildman–Crippen LogP) is 3.90. The number of nitrogens with one attached hydrogen (secondary N) is 1. The van der Waals surface area contributed by atoms with Crippen LogP contribution in [0.3, 0.4) is 0 Å².